The van der Waals surface area contributed by atoms with Crippen molar-refractivity contribution < 1.29 is 31.2 Å². The van der Waals surface area contributed by atoms with Crippen LogP contribution < -0.4 is 10.3 Å². The number of alkyl halides is 3. The Morgan fingerprint density at radius 2 is 1.77 bits per heavy atom. The highest BCUT2D eigenvalue weighted by Gasteiger charge is 2.32. The van der Waals surface area contributed by atoms with Crippen LogP contribution in [0, 0.1) is 0 Å². The molecule has 1 N–H and O–H groups in total. The molecule has 2 aromatic rings. The van der Waals surface area contributed by atoms with E-state index in [0.29, 0.717) is 24.1 Å². The summed E-state index contributed by atoms with van der Waals surface area (Å²) in [5.74, 6) is -0.493. The van der Waals surface area contributed by atoms with Gasteiger partial charge >= 0.3 is 6.36 Å². The largest absolute Gasteiger partial charge is 0.573 e. The quantitative estimate of drug-likeness (QED) is 0.689. The smallest absolute Gasteiger partial charge is 0.406 e. The molecule has 8 nitrogen and oxygen atoms in total. The molecule has 0 amide bonds. The van der Waals surface area contributed by atoms with Gasteiger partial charge in [0.25, 0.3) is 0 Å². The minimum Gasteiger partial charge on any atom is -0.406 e. The number of hydrogen-bond acceptors (Lipinski definition) is 6. The molecule has 0 atom stereocenters. The minimum absolute atomic E-state index is 0.113. The van der Waals surface area contributed by atoms with E-state index in [0.717, 1.165) is 24.3 Å². The van der Waals surface area contributed by atoms with Crippen LogP contribution in [-0.4, -0.2) is 42.9 Å². The number of nitrogens with one attached hydrogen (secondary N) is 1. The van der Waals surface area contributed by atoms with E-state index in [4.69, 9.17) is 4.84 Å². The molecule has 1 aromatic carbocycles. The first-order valence-electron chi connectivity index (χ1n) is 8.85. The highest BCUT2D eigenvalue weighted by molar-refractivity contribution is 7.89. The Hall–Kier alpha value is -2.86. The Labute approximate surface area is 170 Å². The van der Waals surface area contributed by atoms with Gasteiger partial charge in [0.1, 0.15) is 12.4 Å². The topological polar surface area (TPSA) is 101 Å². The summed E-state index contributed by atoms with van der Waals surface area (Å²) in [4.78, 5) is 18.8. The van der Waals surface area contributed by atoms with E-state index in [1.54, 1.807) is 6.07 Å². The molecule has 30 heavy (non-hydrogen) atoms. The predicted octanol–water partition coefficient (Wildman–Crippen LogP) is 2.63. The second-order valence-electron chi connectivity index (χ2n) is 6.42. The third-order valence-corrected chi connectivity index (χ3v) is 6.17. The van der Waals surface area contributed by atoms with E-state index in [-0.39, 0.29) is 30.2 Å². The zero-order valence-corrected chi connectivity index (χ0v) is 16.4. The molecular weight excluding hydrogens is 427 g/mol. The van der Waals surface area contributed by atoms with Crippen molar-refractivity contribution in [2.75, 3.05) is 13.1 Å². The highest BCUT2D eigenvalue weighted by Crippen LogP contribution is 2.26. The number of oxime groups is 1. The molecule has 12 heteroatoms. The molecule has 0 aliphatic carbocycles. The van der Waals surface area contributed by atoms with Crippen molar-refractivity contribution in [1.82, 2.24) is 9.29 Å². The number of hydrogen-bond donors (Lipinski definition) is 1. The molecule has 1 aliphatic rings. The number of nitrogens with zero attached hydrogens (tertiary/aromatic N) is 2. The Kier molecular flexibility index (Phi) is 6.46. The zero-order chi connectivity index (χ0) is 21.8. The van der Waals surface area contributed by atoms with Crippen LogP contribution in [0.25, 0.3) is 0 Å². The number of benzene rings is 1. The lowest BCUT2D eigenvalue weighted by Gasteiger charge is -2.26. The van der Waals surface area contributed by atoms with Crippen LogP contribution in [0.3, 0.4) is 0 Å². The van der Waals surface area contributed by atoms with E-state index in [1.165, 1.54) is 16.6 Å². The van der Waals surface area contributed by atoms with Gasteiger partial charge in [0.15, 0.2) is 0 Å². The monoisotopic (exact) mass is 445 g/mol. The van der Waals surface area contributed by atoms with Gasteiger partial charge in [-0.3, -0.25) is 4.79 Å². The van der Waals surface area contributed by atoms with Crippen molar-refractivity contribution in [3.05, 3.63) is 58.5 Å². The molecule has 162 valence electrons. The van der Waals surface area contributed by atoms with Gasteiger partial charge in [0, 0.05) is 38.2 Å². The van der Waals surface area contributed by atoms with Gasteiger partial charge < -0.3 is 14.6 Å². The molecule has 0 unspecified atom stereocenters. The molecule has 1 saturated heterocycles. The third kappa shape index (κ3) is 5.83. The number of pyridine rings is 1. The van der Waals surface area contributed by atoms with Crippen LogP contribution in [0.5, 0.6) is 5.75 Å². The number of halogens is 3. The molecule has 0 bridgehead atoms. The average molecular weight is 445 g/mol. The molecule has 1 fully saturated rings. The zero-order valence-electron chi connectivity index (χ0n) is 15.6. The van der Waals surface area contributed by atoms with E-state index >= 15 is 0 Å². The number of sulfonamides is 1. The van der Waals surface area contributed by atoms with Gasteiger partial charge in [-0.15, -0.1) is 13.2 Å². The first-order chi connectivity index (χ1) is 14.1. The molecule has 3 rings (SSSR count). The number of rotatable bonds is 6. The summed E-state index contributed by atoms with van der Waals surface area (Å²) in [6.07, 6.45) is -2.64. The number of aromatic nitrogens is 1. The fourth-order valence-corrected chi connectivity index (χ4v) is 4.26. The highest BCUT2D eigenvalue weighted by atomic mass is 32.2. The van der Waals surface area contributed by atoms with Crippen molar-refractivity contribution in [3.8, 4) is 5.75 Å². The maximum Gasteiger partial charge on any atom is 0.573 e. The summed E-state index contributed by atoms with van der Waals surface area (Å²) in [6, 6.07) is 7.14. The number of ether oxygens (including phenoxy) is 1. The fraction of sp³-hybridized carbons (Fsp3) is 0.333. The van der Waals surface area contributed by atoms with Crippen LogP contribution in [0.15, 0.2) is 57.4 Å². The van der Waals surface area contributed by atoms with E-state index in [1.807, 2.05) is 0 Å². The van der Waals surface area contributed by atoms with Crippen molar-refractivity contribution in [2.24, 2.45) is 5.16 Å². The fourth-order valence-electron chi connectivity index (χ4n) is 2.82. The van der Waals surface area contributed by atoms with E-state index in [2.05, 4.69) is 14.9 Å². The summed E-state index contributed by atoms with van der Waals surface area (Å²) >= 11 is 0. The molecular formula is C18H18F3N3O5S. The van der Waals surface area contributed by atoms with Crippen molar-refractivity contribution in [2.45, 2.75) is 30.7 Å². The Morgan fingerprint density at radius 3 is 2.37 bits per heavy atom. The van der Waals surface area contributed by atoms with Gasteiger partial charge in [0.2, 0.25) is 15.6 Å². The maximum absolute atomic E-state index is 12.7. The molecule has 1 aromatic heterocycles. The SMILES string of the molecule is O=c1cc(CON=C2CCN(S(=O)(=O)c3ccc(OC(F)(F)F)cc3)CC2)cc[nH]1. The minimum atomic E-state index is -4.85. The lowest BCUT2D eigenvalue weighted by molar-refractivity contribution is -0.274. The van der Waals surface area contributed by atoms with Gasteiger partial charge in [-0.1, -0.05) is 5.16 Å². The van der Waals surface area contributed by atoms with Crippen molar-refractivity contribution in [1.29, 1.82) is 0 Å². The second-order valence-corrected chi connectivity index (χ2v) is 8.35. The lowest BCUT2D eigenvalue weighted by atomic mass is 10.1. The first kappa shape index (κ1) is 21.8. The van der Waals surface area contributed by atoms with Crippen molar-refractivity contribution >= 4 is 15.7 Å². The van der Waals surface area contributed by atoms with Crippen LogP contribution >= 0.6 is 0 Å². The third-order valence-electron chi connectivity index (χ3n) is 4.26. The van der Waals surface area contributed by atoms with Gasteiger partial charge in [0.05, 0.1) is 10.6 Å². The summed E-state index contributed by atoms with van der Waals surface area (Å²) < 4.78 is 67.0. The summed E-state index contributed by atoms with van der Waals surface area (Å²) in [6.45, 7) is 0.439. The maximum atomic E-state index is 12.7. The standard InChI is InChI=1S/C18H18F3N3O5S/c19-18(20,21)29-15-1-3-16(4-2-15)30(26,27)24-9-6-14(7-10-24)23-28-12-13-5-8-22-17(25)11-13/h1-5,8,11H,6-7,9-10,12H2,(H,22,25). The Morgan fingerprint density at radius 1 is 1.10 bits per heavy atom. The molecule has 0 radical (unpaired) electrons. The summed E-state index contributed by atoms with van der Waals surface area (Å²) in [7, 11) is -3.85. The van der Waals surface area contributed by atoms with Crippen molar-refractivity contribution in [3.63, 3.8) is 0 Å². The molecule has 1 aliphatic heterocycles. The van der Waals surface area contributed by atoms with Crippen LogP contribution in [0.4, 0.5) is 13.2 Å². The van der Waals surface area contributed by atoms with Crippen LogP contribution in [-0.2, 0) is 21.5 Å². The molecule has 0 saturated carbocycles. The molecule has 2 heterocycles. The normalized spacial score (nSPS) is 15.6. The predicted molar refractivity (Wildman–Crippen MR) is 100 cm³/mol. The van der Waals surface area contributed by atoms with Crippen LogP contribution in [0.1, 0.15) is 18.4 Å². The van der Waals surface area contributed by atoms with Crippen LogP contribution in [0.2, 0.25) is 0 Å². The Balaban J connectivity index is 1.56. The second kappa shape index (κ2) is 8.88. The number of H-pyrrole nitrogens is 1. The summed E-state index contributed by atoms with van der Waals surface area (Å²) in [5.41, 5.74) is 1.08. The van der Waals surface area contributed by atoms with Gasteiger partial charge in [-0.05, 0) is 35.9 Å². The summed E-state index contributed by atoms with van der Waals surface area (Å²) in [5, 5.41) is 4.00. The lowest BCUT2D eigenvalue weighted by Crippen LogP contribution is -2.38. The average Bonchev–Trinajstić information content (AvgIpc) is 2.68. The first-order valence-corrected chi connectivity index (χ1v) is 10.3. The van der Waals surface area contributed by atoms with E-state index < -0.39 is 22.1 Å². The number of aromatic amines is 1. The van der Waals surface area contributed by atoms with Gasteiger partial charge in [-0.2, -0.15) is 4.31 Å². The molecule has 0 spiro atoms. The Bertz CT molecular complexity index is 1060. The van der Waals surface area contributed by atoms with E-state index in [9.17, 15) is 26.4 Å². The van der Waals surface area contributed by atoms with Gasteiger partial charge in [-0.25, -0.2) is 8.42 Å². The number of piperidine rings is 1.